The lowest BCUT2D eigenvalue weighted by Gasteiger charge is -2.12. The molecule has 0 radical (unpaired) electrons. The first kappa shape index (κ1) is 12.6. The van der Waals surface area contributed by atoms with Crippen LogP contribution in [0.3, 0.4) is 0 Å². The molecule has 0 aliphatic heterocycles. The van der Waals surface area contributed by atoms with Crippen molar-refractivity contribution in [3.8, 4) is 10.4 Å². The van der Waals surface area contributed by atoms with Crippen LogP contribution in [0, 0.1) is 5.92 Å². The molecule has 0 aliphatic rings. The van der Waals surface area contributed by atoms with E-state index in [4.69, 9.17) is 17.3 Å². The maximum atomic E-state index is 6.14. The molecular weight excluding hydrogens is 250 g/mol. The SMILES string of the molecule is CC(C)C(N)c1ccc(-c2ccc(Cl)cc2)s1. The molecule has 1 aromatic heterocycles. The standard InChI is InChI=1S/C14H16ClNS/c1-9(2)14(16)13-8-7-12(17-13)10-3-5-11(15)6-4-10/h3-9,14H,16H2,1-2H3. The van der Waals surface area contributed by atoms with Gasteiger partial charge in [0.05, 0.1) is 0 Å². The highest BCUT2D eigenvalue weighted by Crippen LogP contribution is 2.33. The summed E-state index contributed by atoms with van der Waals surface area (Å²) in [5.41, 5.74) is 7.34. The largest absolute Gasteiger partial charge is 0.323 e. The van der Waals surface area contributed by atoms with E-state index in [2.05, 4.69) is 26.0 Å². The Bertz CT molecular complexity index is 487. The van der Waals surface area contributed by atoms with Crippen molar-refractivity contribution in [1.82, 2.24) is 0 Å². The lowest BCUT2D eigenvalue weighted by molar-refractivity contribution is 0.521. The number of hydrogen-bond acceptors (Lipinski definition) is 2. The number of rotatable bonds is 3. The van der Waals surface area contributed by atoms with E-state index in [1.54, 1.807) is 11.3 Å². The molecule has 17 heavy (non-hydrogen) atoms. The summed E-state index contributed by atoms with van der Waals surface area (Å²) >= 11 is 7.64. The first-order chi connectivity index (χ1) is 8.08. The molecule has 1 atom stereocenters. The van der Waals surface area contributed by atoms with Crippen molar-refractivity contribution in [2.24, 2.45) is 11.7 Å². The Balaban J connectivity index is 2.26. The summed E-state index contributed by atoms with van der Waals surface area (Å²) in [6, 6.07) is 12.3. The molecule has 0 spiro atoms. The summed E-state index contributed by atoms with van der Waals surface area (Å²) in [4.78, 5) is 2.48. The molecule has 0 fully saturated rings. The summed E-state index contributed by atoms with van der Waals surface area (Å²) in [7, 11) is 0. The second kappa shape index (κ2) is 5.21. The molecule has 2 N–H and O–H groups in total. The Morgan fingerprint density at radius 2 is 1.71 bits per heavy atom. The molecule has 0 saturated carbocycles. The van der Waals surface area contributed by atoms with Crippen molar-refractivity contribution in [3.63, 3.8) is 0 Å². The van der Waals surface area contributed by atoms with Crippen LogP contribution in [0.2, 0.25) is 5.02 Å². The summed E-state index contributed by atoms with van der Waals surface area (Å²) in [5, 5.41) is 0.768. The molecule has 2 aromatic rings. The third-order valence-electron chi connectivity index (χ3n) is 2.80. The van der Waals surface area contributed by atoms with Gasteiger partial charge in [-0.15, -0.1) is 11.3 Å². The van der Waals surface area contributed by atoms with Crippen LogP contribution in [-0.4, -0.2) is 0 Å². The average Bonchev–Trinajstić information content (AvgIpc) is 2.78. The fourth-order valence-corrected chi connectivity index (χ4v) is 2.94. The van der Waals surface area contributed by atoms with Crippen LogP contribution in [0.1, 0.15) is 24.8 Å². The fourth-order valence-electron chi connectivity index (χ4n) is 1.63. The predicted octanol–water partition coefficient (Wildman–Crippen LogP) is 4.72. The number of halogens is 1. The van der Waals surface area contributed by atoms with Gasteiger partial charge < -0.3 is 5.73 Å². The van der Waals surface area contributed by atoms with Gasteiger partial charge in [-0.05, 0) is 35.7 Å². The van der Waals surface area contributed by atoms with Crippen LogP contribution < -0.4 is 5.73 Å². The van der Waals surface area contributed by atoms with E-state index < -0.39 is 0 Å². The normalized spacial score (nSPS) is 13.0. The summed E-state index contributed by atoms with van der Waals surface area (Å²) < 4.78 is 0. The molecule has 90 valence electrons. The monoisotopic (exact) mass is 265 g/mol. The van der Waals surface area contributed by atoms with Crippen molar-refractivity contribution in [3.05, 3.63) is 46.3 Å². The van der Waals surface area contributed by atoms with Crippen LogP contribution in [0.5, 0.6) is 0 Å². The minimum Gasteiger partial charge on any atom is -0.323 e. The van der Waals surface area contributed by atoms with Crippen molar-refractivity contribution >= 4 is 22.9 Å². The second-order valence-corrected chi connectivity index (χ2v) is 6.03. The summed E-state index contributed by atoms with van der Waals surface area (Å²) in [6.07, 6.45) is 0. The maximum absolute atomic E-state index is 6.14. The molecular formula is C14H16ClNS. The summed E-state index contributed by atoms with van der Waals surface area (Å²) in [5.74, 6) is 0.465. The van der Waals surface area contributed by atoms with Crippen LogP contribution >= 0.6 is 22.9 Å². The third-order valence-corrected chi connectivity index (χ3v) is 4.29. The zero-order chi connectivity index (χ0) is 12.4. The van der Waals surface area contributed by atoms with E-state index in [1.165, 1.54) is 15.3 Å². The van der Waals surface area contributed by atoms with Gasteiger partial charge in [-0.3, -0.25) is 0 Å². The molecule has 3 heteroatoms. The van der Waals surface area contributed by atoms with Crippen molar-refractivity contribution in [2.75, 3.05) is 0 Å². The van der Waals surface area contributed by atoms with Crippen molar-refractivity contribution in [2.45, 2.75) is 19.9 Å². The Labute approximate surface area is 111 Å². The van der Waals surface area contributed by atoms with E-state index >= 15 is 0 Å². The Morgan fingerprint density at radius 1 is 1.06 bits per heavy atom. The van der Waals surface area contributed by atoms with E-state index in [9.17, 15) is 0 Å². The molecule has 0 saturated heterocycles. The lowest BCUT2D eigenvalue weighted by atomic mass is 10.0. The van der Waals surface area contributed by atoms with Crippen LogP contribution in [0.4, 0.5) is 0 Å². The zero-order valence-electron chi connectivity index (χ0n) is 9.98. The van der Waals surface area contributed by atoms with Gasteiger partial charge in [0.1, 0.15) is 0 Å². The van der Waals surface area contributed by atoms with Crippen molar-refractivity contribution in [1.29, 1.82) is 0 Å². The maximum Gasteiger partial charge on any atom is 0.0413 e. The predicted molar refractivity (Wildman–Crippen MR) is 76.5 cm³/mol. The smallest absolute Gasteiger partial charge is 0.0413 e. The Morgan fingerprint density at radius 3 is 2.29 bits per heavy atom. The minimum atomic E-state index is 0.126. The molecule has 1 aromatic carbocycles. The van der Waals surface area contributed by atoms with Gasteiger partial charge in [0.15, 0.2) is 0 Å². The van der Waals surface area contributed by atoms with Crippen LogP contribution in [-0.2, 0) is 0 Å². The first-order valence-corrected chi connectivity index (χ1v) is 6.88. The van der Waals surface area contributed by atoms with Gasteiger partial charge in [0.25, 0.3) is 0 Å². The number of nitrogens with two attached hydrogens (primary N) is 1. The van der Waals surface area contributed by atoms with E-state index in [1.807, 2.05) is 24.3 Å². The first-order valence-electron chi connectivity index (χ1n) is 5.69. The second-order valence-electron chi connectivity index (χ2n) is 4.48. The highest BCUT2D eigenvalue weighted by atomic mass is 35.5. The fraction of sp³-hybridized carbons (Fsp3) is 0.286. The number of benzene rings is 1. The number of hydrogen-bond donors (Lipinski definition) is 1. The quantitative estimate of drug-likeness (QED) is 0.853. The molecule has 1 unspecified atom stereocenters. The van der Waals surface area contributed by atoms with Gasteiger partial charge in [0.2, 0.25) is 0 Å². The van der Waals surface area contributed by atoms with Gasteiger partial charge in [0, 0.05) is 20.8 Å². The third kappa shape index (κ3) is 2.89. The molecule has 1 nitrogen and oxygen atoms in total. The molecule has 0 amide bonds. The van der Waals surface area contributed by atoms with E-state index in [0.717, 1.165) is 5.02 Å². The molecule has 0 bridgehead atoms. The molecule has 2 rings (SSSR count). The van der Waals surface area contributed by atoms with E-state index in [0.29, 0.717) is 5.92 Å². The highest BCUT2D eigenvalue weighted by molar-refractivity contribution is 7.15. The van der Waals surface area contributed by atoms with Crippen molar-refractivity contribution < 1.29 is 0 Å². The topological polar surface area (TPSA) is 26.0 Å². The van der Waals surface area contributed by atoms with Gasteiger partial charge in [-0.2, -0.15) is 0 Å². The number of thiophene rings is 1. The molecule has 0 aliphatic carbocycles. The highest BCUT2D eigenvalue weighted by Gasteiger charge is 2.13. The van der Waals surface area contributed by atoms with Gasteiger partial charge in [-0.25, -0.2) is 0 Å². The zero-order valence-corrected chi connectivity index (χ0v) is 11.6. The minimum absolute atomic E-state index is 0.126. The van der Waals surface area contributed by atoms with Crippen LogP contribution in [0.25, 0.3) is 10.4 Å². The van der Waals surface area contributed by atoms with Gasteiger partial charge >= 0.3 is 0 Å². The molecule has 1 heterocycles. The Kier molecular flexibility index (Phi) is 3.87. The van der Waals surface area contributed by atoms with Crippen LogP contribution in [0.15, 0.2) is 36.4 Å². The summed E-state index contributed by atoms with van der Waals surface area (Å²) in [6.45, 7) is 4.29. The lowest BCUT2D eigenvalue weighted by Crippen LogP contribution is -2.14. The Hall–Kier alpha value is -0.830. The van der Waals surface area contributed by atoms with E-state index in [-0.39, 0.29) is 6.04 Å². The average molecular weight is 266 g/mol. The van der Waals surface area contributed by atoms with Gasteiger partial charge in [-0.1, -0.05) is 37.6 Å².